The van der Waals surface area contributed by atoms with E-state index in [1.54, 1.807) is 0 Å². The van der Waals surface area contributed by atoms with Crippen molar-refractivity contribution in [3.05, 3.63) is 28.3 Å². The first-order valence-corrected chi connectivity index (χ1v) is 7.61. The van der Waals surface area contributed by atoms with E-state index in [9.17, 15) is 5.11 Å². The van der Waals surface area contributed by atoms with Gasteiger partial charge in [0.05, 0.1) is 5.02 Å². The second-order valence-corrected chi connectivity index (χ2v) is 6.51. The van der Waals surface area contributed by atoms with Gasteiger partial charge in [0.2, 0.25) is 0 Å². The van der Waals surface area contributed by atoms with Crippen LogP contribution >= 0.6 is 11.6 Å². The number of benzene rings is 1. The van der Waals surface area contributed by atoms with Crippen molar-refractivity contribution in [2.45, 2.75) is 57.3 Å². The van der Waals surface area contributed by atoms with Crippen LogP contribution in [-0.4, -0.2) is 11.7 Å². The molecule has 3 heteroatoms. The maximum Gasteiger partial charge on any atom is 0.137 e. The predicted molar refractivity (Wildman–Crippen MR) is 81.0 cm³/mol. The fraction of sp³-hybridized carbons (Fsp3) is 0.625. The molecule has 0 spiro atoms. The van der Waals surface area contributed by atoms with Crippen molar-refractivity contribution < 1.29 is 5.11 Å². The highest BCUT2D eigenvalue weighted by Gasteiger charge is 2.35. The molecule has 0 aliphatic heterocycles. The molecule has 0 bridgehead atoms. The number of rotatable bonds is 3. The number of hydrogen-bond acceptors (Lipinski definition) is 2. The molecular weight excluding hydrogens is 258 g/mol. The highest BCUT2D eigenvalue weighted by atomic mass is 35.5. The van der Waals surface area contributed by atoms with Crippen LogP contribution < -0.4 is 5.73 Å². The van der Waals surface area contributed by atoms with Gasteiger partial charge in [-0.1, -0.05) is 50.8 Å². The SMILES string of the molecule is CC(C)c1cc(Cl)c(O)c(C2(CN)CCCCC2)c1. The molecule has 1 saturated carbocycles. The first-order chi connectivity index (χ1) is 9.00. The van der Waals surface area contributed by atoms with E-state index in [-0.39, 0.29) is 11.2 Å². The van der Waals surface area contributed by atoms with Gasteiger partial charge in [-0.2, -0.15) is 0 Å². The maximum atomic E-state index is 10.4. The number of halogens is 1. The minimum atomic E-state index is -0.0864. The van der Waals surface area contributed by atoms with Gasteiger partial charge in [0.1, 0.15) is 5.75 Å². The number of nitrogens with two attached hydrogens (primary N) is 1. The van der Waals surface area contributed by atoms with Crippen LogP contribution in [0.5, 0.6) is 5.75 Å². The summed E-state index contributed by atoms with van der Waals surface area (Å²) < 4.78 is 0. The third-order valence-electron chi connectivity index (χ3n) is 4.53. The first kappa shape index (κ1) is 14.7. The zero-order valence-corrected chi connectivity index (χ0v) is 12.6. The molecule has 1 aliphatic rings. The molecule has 0 heterocycles. The van der Waals surface area contributed by atoms with Gasteiger partial charge < -0.3 is 10.8 Å². The predicted octanol–water partition coefficient (Wildman–Crippen LogP) is 4.33. The van der Waals surface area contributed by atoms with E-state index >= 15 is 0 Å². The molecule has 0 unspecified atom stereocenters. The van der Waals surface area contributed by atoms with E-state index in [1.165, 1.54) is 24.8 Å². The summed E-state index contributed by atoms with van der Waals surface area (Å²) in [7, 11) is 0. The van der Waals surface area contributed by atoms with Gasteiger partial charge in [0, 0.05) is 17.5 Å². The van der Waals surface area contributed by atoms with Gasteiger partial charge in [-0.25, -0.2) is 0 Å². The quantitative estimate of drug-likeness (QED) is 0.866. The van der Waals surface area contributed by atoms with Crippen LogP contribution in [0.1, 0.15) is 63.0 Å². The molecule has 0 aromatic heterocycles. The van der Waals surface area contributed by atoms with Gasteiger partial charge in [0.25, 0.3) is 0 Å². The van der Waals surface area contributed by atoms with Gasteiger partial charge >= 0.3 is 0 Å². The lowest BCUT2D eigenvalue weighted by atomic mass is 9.68. The van der Waals surface area contributed by atoms with Crippen molar-refractivity contribution in [3.63, 3.8) is 0 Å². The molecule has 0 saturated heterocycles. The Kier molecular flexibility index (Phi) is 4.42. The number of phenols is 1. The van der Waals surface area contributed by atoms with Crippen molar-refractivity contribution in [3.8, 4) is 5.75 Å². The van der Waals surface area contributed by atoms with E-state index in [0.717, 1.165) is 18.4 Å². The van der Waals surface area contributed by atoms with Crippen LogP contribution in [-0.2, 0) is 5.41 Å². The van der Waals surface area contributed by atoms with Crippen LogP contribution in [0.2, 0.25) is 5.02 Å². The maximum absolute atomic E-state index is 10.4. The third-order valence-corrected chi connectivity index (χ3v) is 4.81. The molecule has 19 heavy (non-hydrogen) atoms. The van der Waals surface area contributed by atoms with Crippen LogP contribution in [0.25, 0.3) is 0 Å². The summed E-state index contributed by atoms with van der Waals surface area (Å²) in [4.78, 5) is 0. The standard InChI is InChI=1S/C16H24ClNO/c1-11(2)12-8-13(15(19)14(17)9-12)16(10-18)6-4-3-5-7-16/h8-9,11,19H,3-7,10,18H2,1-2H3. The van der Waals surface area contributed by atoms with E-state index in [4.69, 9.17) is 17.3 Å². The Labute approximate surface area is 121 Å². The lowest BCUT2D eigenvalue weighted by Crippen LogP contribution is -2.37. The summed E-state index contributed by atoms with van der Waals surface area (Å²) in [5.41, 5.74) is 8.12. The Balaban J connectivity index is 2.52. The first-order valence-electron chi connectivity index (χ1n) is 7.23. The molecule has 0 amide bonds. The average Bonchev–Trinajstić information content (AvgIpc) is 2.42. The van der Waals surface area contributed by atoms with Crippen molar-refractivity contribution in [2.24, 2.45) is 5.73 Å². The van der Waals surface area contributed by atoms with Crippen molar-refractivity contribution >= 4 is 11.6 Å². The Bertz CT molecular complexity index is 450. The van der Waals surface area contributed by atoms with Crippen LogP contribution in [0.15, 0.2) is 12.1 Å². The van der Waals surface area contributed by atoms with Crippen molar-refractivity contribution in [2.75, 3.05) is 6.54 Å². The van der Waals surface area contributed by atoms with E-state index < -0.39 is 0 Å². The average molecular weight is 282 g/mol. The molecule has 106 valence electrons. The Morgan fingerprint density at radius 1 is 1.26 bits per heavy atom. The van der Waals surface area contributed by atoms with E-state index in [1.807, 2.05) is 6.07 Å². The summed E-state index contributed by atoms with van der Waals surface area (Å²) in [5, 5.41) is 10.8. The second kappa shape index (κ2) is 5.72. The van der Waals surface area contributed by atoms with Crippen LogP contribution in [0.4, 0.5) is 0 Å². The smallest absolute Gasteiger partial charge is 0.137 e. The number of hydrogen-bond donors (Lipinski definition) is 2. The number of aromatic hydroxyl groups is 1. The molecule has 1 aromatic carbocycles. The topological polar surface area (TPSA) is 46.2 Å². The zero-order chi connectivity index (χ0) is 14.0. The molecule has 2 nitrogen and oxygen atoms in total. The van der Waals surface area contributed by atoms with E-state index in [0.29, 0.717) is 17.5 Å². The molecule has 1 aromatic rings. The Morgan fingerprint density at radius 3 is 2.42 bits per heavy atom. The fourth-order valence-corrected chi connectivity index (χ4v) is 3.40. The minimum Gasteiger partial charge on any atom is -0.506 e. The summed E-state index contributed by atoms with van der Waals surface area (Å²) in [6.45, 7) is 4.86. The van der Waals surface area contributed by atoms with Gasteiger partial charge in [-0.05, 0) is 30.4 Å². The molecule has 0 atom stereocenters. The van der Waals surface area contributed by atoms with Gasteiger partial charge in [0.15, 0.2) is 0 Å². The molecular formula is C16H24ClNO. The molecule has 1 aliphatic carbocycles. The van der Waals surface area contributed by atoms with Crippen molar-refractivity contribution in [1.29, 1.82) is 0 Å². The summed E-state index contributed by atoms with van der Waals surface area (Å²) in [6.07, 6.45) is 5.73. The molecule has 0 radical (unpaired) electrons. The zero-order valence-electron chi connectivity index (χ0n) is 11.9. The second-order valence-electron chi connectivity index (χ2n) is 6.10. The van der Waals surface area contributed by atoms with Crippen LogP contribution in [0, 0.1) is 0 Å². The highest BCUT2D eigenvalue weighted by Crippen LogP contribution is 2.45. The van der Waals surface area contributed by atoms with Gasteiger partial charge in [-0.15, -0.1) is 0 Å². The van der Waals surface area contributed by atoms with Crippen molar-refractivity contribution in [1.82, 2.24) is 0 Å². The largest absolute Gasteiger partial charge is 0.506 e. The lowest BCUT2D eigenvalue weighted by Gasteiger charge is -2.37. The fourth-order valence-electron chi connectivity index (χ4n) is 3.17. The Morgan fingerprint density at radius 2 is 1.89 bits per heavy atom. The minimum absolute atomic E-state index is 0.0864. The summed E-state index contributed by atoms with van der Waals surface area (Å²) >= 11 is 6.21. The van der Waals surface area contributed by atoms with E-state index in [2.05, 4.69) is 19.9 Å². The summed E-state index contributed by atoms with van der Waals surface area (Å²) in [5.74, 6) is 0.633. The Hall–Kier alpha value is -0.730. The number of phenolic OH excluding ortho intramolecular Hbond substituents is 1. The van der Waals surface area contributed by atoms with Gasteiger partial charge in [-0.3, -0.25) is 0 Å². The molecule has 1 fully saturated rings. The van der Waals surface area contributed by atoms with Crippen LogP contribution in [0.3, 0.4) is 0 Å². The molecule has 3 N–H and O–H groups in total. The lowest BCUT2D eigenvalue weighted by molar-refractivity contribution is 0.290. The normalized spacial score (nSPS) is 18.8. The summed E-state index contributed by atoms with van der Waals surface area (Å²) in [6, 6.07) is 3.99. The highest BCUT2D eigenvalue weighted by molar-refractivity contribution is 6.32. The third kappa shape index (κ3) is 2.75. The monoisotopic (exact) mass is 281 g/mol. The molecule has 2 rings (SSSR count).